The zero-order chi connectivity index (χ0) is 14.5. The standard InChI is InChI=1S/C12H15N5O3/c13-6-10-8-16(3-4-20-10)7-9-1-2-11(15-14)12(5-9)17(18)19/h1-2,5,10,15H,3-4,7-8,14H2. The zero-order valence-electron chi connectivity index (χ0n) is 10.8. The van der Waals surface area contributed by atoms with Crippen molar-refractivity contribution in [3.63, 3.8) is 0 Å². The predicted molar refractivity (Wildman–Crippen MR) is 71.5 cm³/mol. The van der Waals surface area contributed by atoms with Gasteiger partial charge in [0, 0.05) is 25.7 Å². The number of hydrazine groups is 1. The molecule has 20 heavy (non-hydrogen) atoms. The van der Waals surface area contributed by atoms with Gasteiger partial charge in [-0.25, -0.2) is 0 Å². The van der Waals surface area contributed by atoms with E-state index in [2.05, 4.69) is 11.5 Å². The molecule has 0 saturated carbocycles. The minimum atomic E-state index is -0.476. The van der Waals surface area contributed by atoms with Crippen LogP contribution in [0.2, 0.25) is 0 Å². The van der Waals surface area contributed by atoms with E-state index in [1.165, 1.54) is 6.07 Å². The van der Waals surface area contributed by atoms with Crippen molar-refractivity contribution in [1.29, 1.82) is 5.26 Å². The summed E-state index contributed by atoms with van der Waals surface area (Å²) in [4.78, 5) is 12.5. The third-order valence-corrected chi connectivity index (χ3v) is 3.12. The van der Waals surface area contributed by atoms with Crippen molar-refractivity contribution in [3.05, 3.63) is 33.9 Å². The Labute approximate surface area is 115 Å². The molecule has 1 aliphatic heterocycles. The van der Waals surface area contributed by atoms with E-state index < -0.39 is 11.0 Å². The van der Waals surface area contributed by atoms with Crippen LogP contribution < -0.4 is 11.3 Å². The second-order valence-corrected chi connectivity index (χ2v) is 4.48. The Morgan fingerprint density at radius 3 is 3.10 bits per heavy atom. The third kappa shape index (κ3) is 3.21. The zero-order valence-corrected chi connectivity index (χ0v) is 10.8. The van der Waals surface area contributed by atoms with E-state index in [0.717, 1.165) is 5.56 Å². The summed E-state index contributed by atoms with van der Waals surface area (Å²) in [5, 5.41) is 19.8. The molecule has 3 N–H and O–H groups in total. The molecule has 0 bridgehead atoms. The number of ether oxygens (including phenoxy) is 1. The molecule has 8 heteroatoms. The summed E-state index contributed by atoms with van der Waals surface area (Å²) in [5.41, 5.74) is 3.32. The van der Waals surface area contributed by atoms with Gasteiger partial charge in [-0.2, -0.15) is 5.26 Å². The van der Waals surface area contributed by atoms with E-state index in [-0.39, 0.29) is 11.4 Å². The van der Waals surface area contributed by atoms with Crippen LogP contribution in [0.3, 0.4) is 0 Å². The summed E-state index contributed by atoms with van der Waals surface area (Å²) >= 11 is 0. The molecule has 1 heterocycles. The van der Waals surface area contributed by atoms with Crippen LogP contribution in [-0.2, 0) is 11.3 Å². The maximum atomic E-state index is 11.0. The number of benzene rings is 1. The number of nitro benzene ring substituents is 1. The van der Waals surface area contributed by atoms with Crippen LogP contribution >= 0.6 is 0 Å². The second-order valence-electron chi connectivity index (χ2n) is 4.48. The number of nitrogen functional groups attached to an aromatic ring is 1. The summed E-state index contributed by atoms with van der Waals surface area (Å²) in [6.45, 7) is 2.22. The predicted octanol–water partition coefficient (Wildman–Crippen LogP) is 0.605. The summed E-state index contributed by atoms with van der Waals surface area (Å²) in [7, 11) is 0. The number of morpholine rings is 1. The maximum absolute atomic E-state index is 11.0. The van der Waals surface area contributed by atoms with E-state index in [0.29, 0.717) is 26.2 Å². The number of nitriles is 1. The Balaban J connectivity index is 2.12. The van der Waals surface area contributed by atoms with E-state index >= 15 is 0 Å². The van der Waals surface area contributed by atoms with Crippen molar-refractivity contribution >= 4 is 11.4 Å². The first kappa shape index (κ1) is 14.2. The molecular formula is C12H15N5O3. The quantitative estimate of drug-likeness (QED) is 0.470. The first-order chi connectivity index (χ1) is 9.63. The van der Waals surface area contributed by atoms with Crippen LogP contribution in [0.1, 0.15) is 5.56 Å². The summed E-state index contributed by atoms with van der Waals surface area (Å²) in [5.74, 6) is 5.24. The van der Waals surface area contributed by atoms with E-state index in [4.69, 9.17) is 15.8 Å². The van der Waals surface area contributed by atoms with Crippen molar-refractivity contribution in [1.82, 2.24) is 4.90 Å². The second kappa shape index (κ2) is 6.29. The van der Waals surface area contributed by atoms with Gasteiger partial charge in [0.05, 0.1) is 17.6 Å². The van der Waals surface area contributed by atoms with Gasteiger partial charge in [-0.15, -0.1) is 0 Å². The highest BCUT2D eigenvalue weighted by molar-refractivity contribution is 5.61. The molecule has 1 saturated heterocycles. The SMILES string of the molecule is N#CC1CN(Cc2ccc(NN)c([N+](=O)[O-])c2)CCO1. The lowest BCUT2D eigenvalue weighted by molar-refractivity contribution is -0.384. The Hall–Kier alpha value is -2.21. The molecule has 0 radical (unpaired) electrons. The molecule has 1 unspecified atom stereocenters. The average Bonchev–Trinajstić information content (AvgIpc) is 2.47. The molecule has 1 atom stereocenters. The van der Waals surface area contributed by atoms with Crippen molar-refractivity contribution in [2.45, 2.75) is 12.6 Å². The van der Waals surface area contributed by atoms with Gasteiger partial charge in [-0.1, -0.05) is 6.07 Å². The fraction of sp³-hybridized carbons (Fsp3) is 0.417. The van der Waals surface area contributed by atoms with Crippen LogP contribution in [0.25, 0.3) is 0 Å². The van der Waals surface area contributed by atoms with Crippen LogP contribution in [0.15, 0.2) is 18.2 Å². The summed E-state index contributed by atoms with van der Waals surface area (Å²) in [6.07, 6.45) is -0.441. The largest absolute Gasteiger partial charge is 0.361 e. The number of rotatable bonds is 4. The van der Waals surface area contributed by atoms with Crippen LogP contribution in [0.5, 0.6) is 0 Å². The molecule has 2 rings (SSSR count). The van der Waals surface area contributed by atoms with Crippen molar-refractivity contribution in [3.8, 4) is 6.07 Å². The smallest absolute Gasteiger partial charge is 0.293 e. The van der Waals surface area contributed by atoms with Crippen LogP contribution in [0, 0.1) is 21.4 Å². The Bertz CT molecular complexity index is 542. The van der Waals surface area contributed by atoms with Gasteiger partial charge in [0.15, 0.2) is 6.10 Å². The molecule has 1 aliphatic rings. The van der Waals surface area contributed by atoms with Gasteiger partial charge in [0.1, 0.15) is 5.69 Å². The number of anilines is 1. The van der Waals surface area contributed by atoms with Gasteiger partial charge in [0.25, 0.3) is 5.69 Å². The van der Waals surface area contributed by atoms with Crippen molar-refractivity contribution in [2.75, 3.05) is 25.1 Å². The van der Waals surface area contributed by atoms with Gasteiger partial charge in [0.2, 0.25) is 0 Å². The first-order valence-corrected chi connectivity index (χ1v) is 6.11. The fourth-order valence-corrected chi connectivity index (χ4v) is 2.13. The fourth-order valence-electron chi connectivity index (χ4n) is 2.13. The van der Waals surface area contributed by atoms with Crippen molar-refractivity contribution < 1.29 is 9.66 Å². The minimum absolute atomic E-state index is 0.0601. The number of nitro groups is 1. The highest BCUT2D eigenvalue weighted by Gasteiger charge is 2.21. The highest BCUT2D eigenvalue weighted by Crippen LogP contribution is 2.25. The average molecular weight is 277 g/mol. The molecule has 1 aromatic rings. The lowest BCUT2D eigenvalue weighted by Gasteiger charge is -2.29. The Morgan fingerprint density at radius 2 is 2.45 bits per heavy atom. The summed E-state index contributed by atoms with van der Waals surface area (Å²) < 4.78 is 5.26. The number of hydrogen-bond acceptors (Lipinski definition) is 7. The monoisotopic (exact) mass is 277 g/mol. The molecule has 106 valence electrons. The Morgan fingerprint density at radius 1 is 1.65 bits per heavy atom. The van der Waals surface area contributed by atoms with E-state index in [1.54, 1.807) is 12.1 Å². The number of nitrogens with zero attached hydrogens (tertiary/aromatic N) is 3. The Kier molecular flexibility index (Phi) is 4.47. The van der Waals surface area contributed by atoms with Crippen LogP contribution in [0.4, 0.5) is 11.4 Å². The molecule has 1 aromatic carbocycles. The van der Waals surface area contributed by atoms with Crippen LogP contribution in [-0.4, -0.2) is 35.6 Å². The number of nitrogens with one attached hydrogen (secondary N) is 1. The lowest BCUT2D eigenvalue weighted by atomic mass is 10.1. The normalized spacial score (nSPS) is 19.3. The molecule has 0 aromatic heterocycles. The molecule has 0 spiro atoms. The number of nitrogens with two attached hydrogens (primary N) is 1. The van der Waals surface area contributed by atoms with E-state index in [1.807, 2.05) is 4.90 Å². The van der Waals surface area contributed by atoms with Crippen molar-refractivity contribution in [2.24, 2.45) is 5.84 Å². The number of hydrogen-bond donors (Lipinski definition) is 2. The highest BCUT2D eigenvalue weighted by atomic mass is 16.6. The third-order valence-electron chi connectivity index (χ3n) is 3.12. The lowest BCUT2D eigenvalue weighted by Crippen LogP contribution is -2.41. The minimum Gasteiger partial charge on any atom is -0.361 e. The molecular weight excluding hydrogens is 262 g/mol. The van der Waals surface area contributed by atoms with E-state index in [9.17, 15) is 10.1 Å². The molecule has 0 amide bonds. The summed E-state index contributed by atoms with van der Waals surface area (Å²) in [6, 6.07) is 6.92. The molecule has 8 nitrogen and oxygen atoms in total. The molecule has 1 fully saturated rings. The van der Waals surface area contributed by atoms with Gasteiger partial charge in [-0.3, -0.25) is 20.9 Å². The molecule has 0 aliphatic carbocycles. The first-order valence-electron chi connectivity index (χ1n) is 6.11. The van der Waals surface area contributed by atoms with Gasteiger partial charge < -0.3 is 10.2 Å². The maximum Gasteiger partial charge on any atom is 0.293 e. The topological polar surface area (TPSA) is 117 Å². The van der Waals surface area contributed by atoms with Gasteiger partial charge >= 0.3 is 0 Å². The van der Waals surface area contributed by atoms with Gasteiger partial charge in [-0.05, 0) is 11.6 Å².